The summed E-state index contributed by atoms with van der Waals surface area (Å²) in [5, 5.41) is 5.46. The summed E-state index contributed by atoms with van der Waals surface area (Å²) < 4.78 is 35.8. The summed E-state index contributed by atoms with van der Waals surface area (Å²) >= 11 is 0. The summed E-state index contributed by atoms with van der Waals surface area (Å²) in [6.45, 7) is 0.0725. The molecule has 0 atom stereocenters. The molecule has 0 aliphatic rings. The first-order valence-electron chi connectivity index (χ1n) is 9.36. The largest absolute Gasteiger partial charge is 1.00 e. The third kappa shape index (κ3) is 5.94. The van der Waals surface area contributed by atoms with Crippen LogP contribution < -0.4 is 40.6 Å². The smallest absolute Gasteiger partial charge is 1.00 e. The second kappa shape index (κ2) is 9.95. The van der Waals surface area contributed by atoms with Crippen LogP contribution in [-0.2, 0) is 21.5 Å². The maximum atomic E-state index is 10.8. The van der Waals surface area contributed by atoms with Crippen molar-refractivity contribution in [3.63, 3.8) is 0 Å². The van der Waals surface area contributed by atoms with E-state index in [1.165, 1.54) is 0 Å². The van der Waals surface area contributed by atoms with Crippen LogP contribution in [0, 0.1) is 0 Å². The first-order valence-corrected chi connectivity index (χ1v) is 11.0. The number of nitrogens with zero attached hydrogens (tertiary/aromatic N) is 1. The standard InChI is InChI=1S/C22H21N3O4S.Na.H/c23-16-11-15(14-29-9-10-30(26,27)28)12-17(13-16)24-22-18-5-1-3-7-20(18)25-21-8-4-2-6-19(21)22;;/h1-8,11-13H,9-10,14,23H2,(H,24,25)(H,26,27,28);;/q;+1;-1. The van der Waals surface area contributed by atoms with E-state index >= 15 is 0 Å². The van der Waals surface area contributed by atoms with Crippen LogP contribution in [0.25, 0.3) is 21.8 Å². The molecule has 0 amide bonds. The van der Waals surface area contributed by atoms with E-state index in [0.29, 0.717) is 5.69 Å². The molecule has 31 heavy (non-hydrogen) atoms. The minimum absolute atomic E-state index is 0. The van der Waals surface area contributed by atoms with Gasteiger partial charge in [-0.25, -0.2) is 4.98 Å². The van der Waals surface area contributed by atoms with E-state index in [0.717, 1.165) is 38.7 Å². The van der Waals surface area contributed by atoms with Gasteiger partial charge in [-0.2, -0.15) is 8.42 Å². The number of fused-ring (bicyclic) bond motifs is 2. The van der Waals surface area contributed by atoms with E-state index in [4.69, 9.17) is 20.0 Å². The molecule has 0 fully saturated rings. The van der Waals surface area contributed by atoms with Crippen molar-refractivity contribution in [1.29, 1.82) is 0 Å². The van der Waals surface area contributed by atoms with Gasteiger partial charge in [-0.3, -0.25) is 4.55 Å². The van der Waals surface area contributed by atoms with Crippen molar-refractivity contribution < 1.29 is 48.7 Å². The first kappa shape index (κ1) is 23.5. The van der Waals surface area contributed by atoms with Crippen LogP contribution in [-0.4, -0.2) is 30.3 Å². The van der Waals surface area contributed by atoms with Gasteiger partial charge in [0.2, 0.25) is 0 Å². The first-order chi connectivity index (χ1) is 14.4. The number of pyridine rings is 1. The Kier molecular flexibility index (Phi) is 7.53. The van der Waals surface area contributed by atoms with E-state index in [-0.39, 0.29) is 44.2 Å². The molecule has 0 aliphatic heterocycles. The SMILES string of the molecule is Nc1cc(COCCS(=O)(=O)O)cc(Nc2c3ccccc3nc3ccccc23)c1.[H-].[Na+]. The van der Waals surface area contributed by atoms with E-state index < -0.39 is 15.9 Å². The fourth-order valence-electron chi connectivity index (χ4n) is 3.35. The predicted molar refractivity (Wildman–Crippen MR) is 121 cm³/mol. The van der Waals surface area contributed by atoms with Gasteiger partial charge in [0.05, 0.1) is 35.7 Å². The summed E-state index contributed by atoms with van der Waals surface area (Å²) in [6, 6.07) is 21.3. The van der Waals surface area contributed by atoms with Gasteiger partial charge < -0.3 is 17.2 Å². The van der Waals surface area contributed by atoms with Gasteiger partial charge >= 0.3 is 29.6 Å². The molecule has 4 N–H and O–H groups in total. The molecule has 0 aliphatic carbocycles. The number of benzene rings is 3. The molecule has 0 spiro atoms. The number of hydrogen-bond donors (Lipinski definition) is 3. The number of ether oxygens (including phenoxy) is 1. The fourth-order valence-corrected chi connectivity index (χ4v) is 3.68. The molecule has 0 saturated carbocycles. The average Bonchev–Trinajstić information content (AvgIpc) is 2.70. The van der Waals surface area contributed by atoms with E-state index in [1.807, 2.05) is 60.7 Å². The number of nitrogens with one attached hydrogen (secondary N) is 1. The van der Waals surface area contributed by atoms with Gasteiger partial charge in [-0.1, -0.05) is 36.4 Å². The summed E-state index contributed by atoms with van der Waals surface area (Å²) in [6.07, 6.45) is 0. The Morgan fingerprint density at radius 3 is 2.23 bits per heavy atom. The summed E-state index contributed by atoms with van der Waals surface area (Å²) in [7, 11) is -4.05. The molecule has 1 heterocycles. The van der Waals surface area contributed by atoms with Crippen molar-refractivity contribution >= 4 is 49.0 Å². The van der Waals surface area contributed by atoms with E-state index in [9.17, 15) is 8.42 Å². The minimum atomic E-state index is -4.05. The molecule has 1 aromatic heterocycles. The maximum absolute atomic E-state index is 10.8. The molecule has 9 heteroatoms. The normalized spacial score (nSPS) is 11.4. The number of anilines is 3. The molecule has 4 aromatic rings. The third-order valence-electron chi connectivity index (χ3n) is 4.63. The van der Waals surface area contributed by atoms with Crippen LogP contribution in [0.1, 0.15) is 6.99 Å². The van der Waals surface area contributed by atoms with Gasteiger partial charge in [0.25, 0.3) is 10.1 Å². The Morgan fingerprint density at radius 2 is 1.61 bits per heavy atom. The van der Waals surface area contributed by atoms with Crippen molar-refractivity contribution in [2.45, 2.75) is 6.61 Å². The number of hydrogen-bond acceptors (Lipinski definition) is 6. The zero-order valence-corrected chi connectivity index (χ0v) is 19.9. The topological polar surface area (TPSA) is 115 Å². The molecule has 0 saturated heterocycles. The second-order valence-electron chi connectivity index (χ2n) is 6.95. The fraction of sp³-hybridized carbons (Fsp3) is 0.136. The molecule has 7 nitrogen and oxygen atoms in total. The predicted octanol–water partition coefficient (Wildman–Crippen LogP) is 1.23. The van der Waals surface area contributed by atoms with Crippen LogP contribution in [0.15, 0.2) is 66.7 Å². The van der Waals surface area contributed by atoms with Gasteiger partial charge in [0.1, 0.15) is 0 Å². The third-order valence-corrected chi connectivity index (χ3v) is 5.31. The van der Waals surface area contributed by atoms with Gasteiger partial charge in [0.15, 0.2) is 0 Å². The average molecular weight is 447 g/mol. The zero-order chi connectivity index (χ0) is 21.1. The van der Waals surface area contributed by atoms with Gasteiger partial charge in [-0.05, 0) is 35.9 Å². The van der Waals surface area contributed by atoms with E-state index in [2.05, 4.69) is 5.32 Å². The van der Waals surface area contributed by atoms with Crippen LogP contribution in [0.3, 0.4) is 0 Å². The molecular formula is C22H22N3NaO4S. The number of nitrogen functional groups attached to an aromatic ring is 1. The van der Waals surface area contributed by atoms with Gasteiger partial charge in [0, 0.05) is 22.1 Å². The Morgan fingerprint density at radius 1 is 1.00 bits per heavy atom. The molecule has 0 bridgehead atoms. The molecule has 3 aromatic carbocycles. The number of para-hydroxylation sites is 2. The molecule has 0 radical (unpaired) electrons. The molecule has 0 unspecified atom stereocenters. The van der Waals surface area contributed by atoms with Crippen LogP contribution in [0.5, 0.6) is 0 Å². The Balaban J connectivity index is 0.00000181. The van der Waals surface area contributed by atoms with Crippen molar-refractivity contribution in [2.24, 2.45) is 0 Å². The van der Waals surface area contributed by atoms with Crippen LogP contribution >= 0.6 is 0 Å². The maximum Gasteiger partial charge on any atom is 1.00 e. The van der Waals surface area contributed by atoms with E-state index in [1.54, 1.807) is 6.07 Å². The quantitative estimate of drug-likeness (QED) is 0.128. The monoisotopic (exact) mass is 447 g/mol. The van der Waals surface area contributed by atoms with Crippen LogP contribution in [0.2, 0.25) is 0 Å². The summed E-state index contributed by atoms with van der Waals surface area (Å²) in [4.78, 5) is 4.73. The minimum Gasteiger partial charge on any atom is -1.00 e. The Labute approximate surface area is 204 Å². The number of nitrogens with two attached hydrogens (primary N) is 1. The summed E-state index contributed by atoms with van der Waals surface area (Å²) in [5.74, 6) is -0.449. The summed E-state index contributed by atoms with van der Waals surface area (Å²) in [5.41, 5.74) is 10.9. The Hall–Kier alpha value is -2.20. The zero-order valence-electron chi connectivity index (χ0n) is 18.1. The molecule has 4 rings (SSSR count). The molecular weight excluding hydrogens is 425 g/mol. The molecule has 156 valence electrons. The number of aromatic nitrogens is 1. The number of rotatable bonds is 7. The van der Waals surface area contributed by atoms with Crippen LogP contribution in [0.4, 0.5) is 17.1 Å². The second-order valence-corrected chi connectivity index (χ2v) is 8.52. The van der Waals surface area contributed by atoms with Crippen molar-refractivity contribution in [3.05, 3.63) is 72.3 Å². The van der Waals surface area contributed by atoms with Crippen molar-refractivity contribution in [1.82, 2.24) is 4.98 Å². The Bertz CT molecular complexity index is 1280. The van der Waals surface area contributed by atoms with Crippen molar-refractivity contribution in [2.75, 3.05) is 23.4 Å². The van der Waals surface area contributed by atoms with Gasteiger partial charge in [-0.15, -0.1) is 0 Å². The van der Waals surface area contributed by atoms with Crippen molar-refractivity contribution in [3.8, 4) is 0 Å².